The number of rotatable bonds is 3. The van der Waals surface area contributed by atoms with Crippen molar-refractivity contribution in [3.63, 3.8) is 0 Å². The van der Waals surface area contributed by atoms with Crippen molar-refractivity contribution in [2.24, 2.45) is 0 Å². The number of aromatic amines is 1. The number of nitrogens with one attached hydrogen (secondary N) is 2. The van der Waals surface area contributed by atoms with Gasteiger partial charge in [-0.1, -0.05) is 11.3 Å². The Morgan fingerprint density at radius 3 is 2.94 bits per heavy atom. The molecule has 16 heavy (non-hydrogen) atoms. The fourth-order valence-corrected chi connectivity index (χ4v) is 2.58. The maximum atomic E-state index is 10.9. The maximum Gasteiger partial charge on any atom is 0.304 e. The number of halogens is 1. The van der Waals surface area contributed by atoms with Gasteiger partial charge >= 0.3 is 4.87 Å². The second kappa shape index (κ2) is 4.88. The number of nitrogen functional groups attached to an aromatic ring is 1. The third-order valence-corrected chi connectivity index (χ3v) is 3.64. The first-order valence-electron chi connectivity index (χ1n) is 4.61. The molecule has 2 rings (SSSR count). The van der Waals surface area contributed by atoms with E-state index in [9.17, 15) is 4.79 Å². The summed E-state index contributed by atoms with van der Waals surface area (Å²) in [6.45, 7) is 0.610. The zero-order valence-corrected chi connectivity index (χ0v) is 11.3. The van der Waals surface area contributed by atoms with Crippen molar-refractivity contribution in [3.8, 4) is 0 Å². The average molecular weight is 347 g/mol. The Balaban J connectivity index is 2.07. The van der Waals surface area contributed by atoms with E-state index >= 15 is 0 Å². The zero-order valence-electron chi connectivity index (χ0n) is 8.29. The fraction of sp³-hybridized carbons (Fsp3) is 0.100. The lowest BCUT2D eigenvalue weighted by Gasteiger charge is -2.07. The van der Waals surface area contributed by atoms with Crippen LogP contribution >= 0.6 is 33.9 Å². The molecule has 1 aromatic carbocycles. The molecule has 0 aliphatic rings. The number of anilines is 2. The molecule has 0 saturated heterocycles. The highest BCUT2D eigenvalue weighted by molar-refractivity contribution is 14.1. The van der Waals surface area contributed by atoms with Crippen molar-refractivity contribution in [1.29, 1.82) is 0 Å². The van der Waals surface area contributed by atoms with Gasteiger partial charge in [0.05, 0.1) is 6.54 Å². The van der Waals surface area contributed by atoms with Crippen LogP contribution in [-0.2, 0) is 6.54 Å². The van der Waals surface area contributed by atoms with Crippen LogP contribution in [0, 0.1) is 3.57 Å². The van der Waals surface area contributed by atoms with Crippen molar-refractivity contribution in [1.82, 2.24) is 4.98 Å². The minimum absolute atomic E-state index is 0.0243. The number of aromatic nitrogens is 1. The Labute approximate surface area is 110 Å². The molecule has 0 spiro atoms. The molecule has 0 radical (unpaired) electrons. The predicted octanol–water partition coefficient (Wildman–Crippen LogP) is 2.24. The second-order valence-electron chi connectivity index (χ2n) is 3.27. The van der Waals surface area contributed by atoms with E-state index in [1.165, 1.54) is 11.3 Å². The van der Waals surface area contributed by atoms with Crippen LogP contribution in [0.3, 0.4) is 0 Å². The van der Waals surface area contributed by atoms with Crippen molar-refractivity contribution >= 4 is 45.3 Å². The van der Waals surface area contributed by atoms with Crippen molar-refractivity contribution in [2.75, 3.05) is 11.1 Å². The molecule has 1 heterocycles. The molecule has 4 N–H and O–H groups in total. The molecule has 6 heteroatoms. The summed E-state index contributed by atoms with van der Waals surface area (Å²) in [5.41, 5.74) is 8.32. The summed E-state index contributed by atoms with van der Waals surface area (Å²) < 4.78 is 1.06. The van der Waals surface area contributed by atoms with Crippen LogP contribution in [0.25, 0.3) is 0 Å². The van der Waals surface area contributed by atoms with E-state index in [1.807, 2.05) is 23.6 Å². The van der Waals surface area contributed by atoms with Gasteiger partial charge in [-0.3, -0.25) is 4.79 Å². The minimum Gasteiger partial charge on any atom is -0.399 e. The molecule has 1 aromatic heterocycles. The van der Waals surface area contributed by atoms with E-state index in [4.69, 9.17) is 5.73 Å². The third kappa shape index (κ3) is 2.76. The highest BCUT2D eigenvalue weighted by Crippen LogP contribution is 2.21. The van der Waals surface area contributed by atoms with E-state index in [2.05, 4.69) is 32.9 Å². The van der Waals surface area contributed by atoms with Gasteiger partial charge in [0.2, 0.25) is 0 Å². The standard InChI is InChI=1S/C10H10IN3OS/c11-8-3-6(12)1-2-9(8)13-4-7-5-16-10(15)14-7/h1-3,5,13H,4,12H2,(H,14,15). The van der Waals surface area contributed by atoms with Crippen LogP contribution in [0.4, 0.5) is 11.4 Å². The van der Waals surface area contributed by atoms with Gasteiger partial charge in [-0.05, 0) is 40.8 Å². The second-order valence-corrected chi connectivity index (χ2v) is 5.27. The molecule has 0 fully saturated rings. The Bertz CT molecular complexity index is 549. The summed E-state index contributed by atoms with van der Waals surface area (Å²) in [5.74, 6) is 0. The first-order valence-corrected chi connectivity index (χ1v) is 6.56. The van der Waals surface area contributed by atoms with Crippen LogP contribution in [0.2, 0.25) is 0 Å². The van der Waals surface area contributed by atoms with Crippen LogP contribution < -0.4 is 15.9 Å². The molecule has 0 aliphatic carbocycles. The third-order valence-electron chi connectivity index (χ3n) is 2.03. The molecule has 0 aliphatic heterocycles. The Morgan fingerprint density at radius 1 is 1.50 bits per heavy atom. The Morgan fingerprint density at radius 2 is 2.31 bits per heavy atom. The van der Waals surface area contributed by atoms with Crippen molar-refractivity contribution < 1.29 is 0 Å². The van der Waals surface area contributed by atoms with Gasteiger partial charge in [-0.25, -0.2) is 0 Å². The van der Waals surface area contributed by atoms with E-state index in [0.29, 0.717) is 6.54 Å². The number of thiazole rings is 1. The molecular formula is C10H10IN3OS. The first kappa shape index (κ1) is 11.5. The Kier molecular flexibility index (Phi) is 3.49. The molecule has 84 valence electrons. The molecule has 0 atom stereocenters. The van der Waals surface area contributed by atoms with Gasteiger partial charge in [-0.15, -0.1) is 0 Å². The number of benzene rings is 1. The number of hydrogen-bond acceptors (Lipinski definition) is 4. The van der Waals surface area contributed by atoms with Gasteiger partial charge in [-0.2, -0.15) is 0 Å². The van der Waals surface area contributed by atoms with E-state index < -0.39 is 0 Å². The summed E-state index contributed by atoms with van der Waals surface area (Å²) in [6, 6.07) is 5.68. The van der Waals surface area contributed by atoms with Crippen LogP contribution in [0.1, 0.15) is 5.69 Å². The monoisotopic (exact) mass is 347 g/mol. The normalized spacial score (nSPS) is 10.3. The smallest absolute Gasteiger partial charge is 0.304 e. The summed E-state index contributed by atoms with van der Waals surface area (Å²) in [4.78, 5) is 13.7. The minimum atomic E-state index is -0.0243. The molecule has 0 saturated carbocycles. The first-order chi connectivity index (χ1) is 7.65. The van der Waals surface area contributed by atoms with E-state index in [0.717, 1.165) is 20.6 Å². The van der Waals surface area contributed by atoms with Crippen LogP contribution in [0.5, 0.6) is 0 Å². The number of nitrogens with two attached hydrogens (primary N) is 1. The zero-order chi connectivity index (χ0) is 11.5. The van der Waals surface area contributed by atoms with Gasteiger partial charge in [0.1, 0.15) is 0 Å². The Hall–Kier alpha value is -1.02. The van der Waals surface area contributed by atoms with Gasteiger partial charge in [0.15, 0.2) is 0 Å². The SMILES string of the molecule is Nc1ccc(NCc2csc(=O)[nH]2)c(I)c1. The molecule has 0 bridgehead atoms. The maximum absolute atomic E-state index is 10.9. The fourth-order valence-electron chi connectivity index (χ4n) is 1.27. The topological polar surface area (TPSA) is 70.9 Å². The summed E-state index contributed by atoms with van der Waals surface area (Å²) in [6.07, 6.45) is 0. The largest absolute Gasteiger partial charge is 0.399 e. The molecule has 2 aromatic rings. The van der Waals surface area contributed by atoms with Crippen LogP contribution in [-0.4, -0.2) is 4.98 Å². The summed E-state index contributed by atoms with van der Waals surface area (Å²) >= 11 is 3.40. The molecule has 0 amide bonds. The van der Waals surface area contributed by atoms with E-state index in [1.54, 1.807) is 0 Å². The van der Waals surface area contributed by atoms with Crippen molar-refractivity contribution in [2.45, 2.75) is 6.54 Å². The van der Waals surface area contributed by atoms with Gasteiger partial charge < -0.3 is 16.0 Å². The average Bonchev–Trinajstić information content (AvgIpc) is 2.63. The lowest BCUT2D eigenvalue weighted by Crippen LogP contribution is -2.04. The van der Waals surface area contributed by atoms with E-state index in [-0.39, 0.29) is 4.87 Å². The van der Waals surface area contributed by atoms with Gasteiger partial charge in [0.25, 0.3) is 0 Å². The number of H-pyrrole nitrogens is 1. The lowest BCUT2D eigenvalue weighted by molar-refractivity contribution is 1.06. The summed E-state index contributed by atoms with van der Waals surface area (Å²) in [5, 5.41) is 5.06. The van der Waals surface area contributed by atoms with Crippen molar-refractivity contribution in [3.05, 3.63) is 42.5 Å². The molecule has 0 unspecified atom stereocenters. The predicted molar refractivity (Wildman–Crippen MR) is 75.8 cm³/mol. The van der Waals surface area contributed by atoms with Crippen LogP contribution in [0.15, 0.2) is 28.4 Å². The highest BCUT2D eigenvalue weighted by atomic mass is 127. The molecule has 4 nitrogen and oxygen atoms in total. The highest BCUT2D eigenvalue weighted by Gasteiger charge is 2.01. The summed E-state index contributed by atoms with van der Waals surface area (Å²) in [7, 11) is 0. The quantitative estimate of drug-likeness (QED) is 0.589. The van der Waals surface area contributed by atoms with Gasteiger partial charge in [0, 0.05) is 26.0 Å². The molecular weight excluding hydrogens is 337 g/mol. The number of hydrogen-bond donors (Lipinski definition) is 3. The lowest BCUT2D eigenvalue weighted by atomic mass is 10.3.